The highest BCUT2D eigenvalue weighted by atomic mass is 15.0. The van der Waals surface area contributed by atoms with Crippen molar-refractivity contribution in [2.75, 3.05) is 0 Å². The van der Waals surface area contributed by atoms with Gasteiger partial charge in [-0.25, -0.2) is 4.98 Å². The predicted molar refractivity (Wildman–Crippen MR) is 72.1 cm³/mol. The highest BCUT2D eigenvalue weighted by molar-refractivity contribution is 5.75. The number of aromatic nitrogens is 2. The van der Waals surface area contributed by atoms with Gasteiger partial charge < -0.3 is 10.3 Å². The third-order valence-corrected chi connectivity index (χ3v) is 3.23. The minimum absolute atomic E-state index is 0.536. The lowest BCUT2D eigenvalue weighted by atomic mass is 10.1. The van der Waals surface area contributed by atoms with Crippen molar-refractivity contribution in [2.45, 2.75) is 46.2 Å². The van der Waals surface area contributed by atoms with Gasteiger partial charge in [-0.05, 0) is 37.5 Å². The molecule has 1 atom stereocenters. The van der Waals surface area contributed by atoms with Crippen LogP contribution in [-0.4, -0.2) is 16.0 Å². The zero-order valence-corrected chi connectivity index (χ0v) is 10.9. The fourth-order valence-corrected chi connectivity index (χ4v) is 1.83. The maximum absolute atomic E-state index is 4.58. The van der Waals surface area contributed by atoms with Gasteiger partial charge in [0.15, 0.2) is 0 Å². The monoisotopic (exact) mass is 231 g/mol. The van der Waals surface area contributed by atoms with Crippen LogP contribution in [0.3, 0.4) is 0 Å². The van der Waals surface area contributed by atoms with E-state index in [-0.39, 0.29) is 0 Å². The number of benzene rings is 1. The largest absolute Gasteiger partial charge is 0.341 e. The van der Waals surface area contributed by atoms with Gasteiger partial charge in [-0.3, -0.25) is 0 Å². The Morgan fingerprint density at radius 1 is 1.35 bits per heavy atom. The summed E-state index contributed by atoms with van der Waals surface area (Å²) in [4.78, 5) is 7.95. The molecule has 2 aromatic rings. The number of H-pyrrole nitrogens is 1. The number of nitrogens with zero attached hydrogens (tertiary/aromatic N) is 1. The summed E-state index contributed by atoms with van der Waals surface area (Å²) < 4.78 is 0. The topological polar surface area (TPSA) is 40.7 Å². The summed E-state index contributed by atoms with van der Waals surface area (Å²) in [7, 11) is 0. The van der Waals surface area contributed by atoms with Crippen molar-refractivity contribution in [3.63, 3.8) is 0 Å². The van der Waals surface area contributed by atoms with E-state index in [0.29, 0.717) is 6.04 Å². The van der Waals surface area contributed by atoms with Crippen molar-refractivity contribution in [1.82, 2.24) is 15.3 Å². The first-order valence-electron chi connectivity index (χ1n) is 6.43. The van der Waals surface area contributed by atoms with Gasteiger partial charge in [0.1, 0.15) is 5.82 Å². The first-order chi connectivity index (χ1) is 8.22. The van der Waals surface area contributed by atoms with Crippen LogP contribution in [0.25, 0.3) is 11.0 Å². The van der Waals surface area contributed by atoms with E-state index in [2.05, 4.69) is 54.3 Å². The zero-order valence-electron chi connectivity index (χ0n) is 10.9. The van der Waals surface area contributed by atoms with E-state index in [0.717, 1.165) is 36.2 Å². The molecular weight excluding hydrogens is 210 g/mol. The van der Waals surface area contributed by atoms with Gasteiger partial charge in [-0.2, -0.15) is 0 Å². The van der Waals surface area contributed by atoms with Crippen molar-refractivity contribution in [2.24, 2.45) is 0 Å². The molecule has 0 fully saturated rings. The van der Waals surface area contributed by atoms with Gasteiger partial charge >= 0.3 is 0 Å². The minimum atomic E-state index is 0.536. The van der Waals surface area contributed by atoms with Crippen molar-refractivity contribution in [1.29, 1.82) is 0 Å². The van der Waals surface area contributed by atoms with E-state index in [1.807, 2.05) is 0 Å². The Bertz CT molecular complexity index is 487. The van der Waals surface area contributed by atoms with Gasteiger partial charge in [0, 0.05) is 6.04 Å². The second kappa shape index (κ2) is 5.32. The molecule has 2 N–H and O–H groups in total. The average Bonchev–Trinajstić information content (AvgIpc) is 2.77. The number of rotatable bonds is 5. The van der Waals surface area contributed by atoms with Crippen molar-refractivity contribution in [3.8, 4) is 0 Å². The maximum Gasteiger partial charge on any atom is 0.121 e. The summed E-state index contributed by atoms with van der Waals surface area (Å²) in [5, 5.41) is 3.44. The molecule has 1 aromatic heterocycles. The lowest BCUT2D eigenvalue weighted by Crippen LogP contribution is -2.24. The molecule has 3 nitrogen and oxygen atoms in total. The van der Waals surface area contributed by atoms with Gasteiger partial charge in [0.25, 0.3) is 0 Å². The highest BCUT2D eigenvalue weighted by Gasteiger charge is 2.04. The summed E-state index contributed by atoms with van der Waals surface area (Å²) in [6.07, 6.45) is 2.20. The van der Waals surface area contributed by atoms with E-state index in [4.69, 9.17) is 0 Å². The molecule has 2 rings (SSSR count). The molecule has 0 saturated heterocycles. The minimum Gasteiger partial charge on any atom is -0.341 e. The molecule has 0 spiro atoms. The zero-order chi connectivity index (χ0) is 12.3. The molecular formula is C14H21N3. The van der Waals surface area contributed by atoms with Crippen LogP contribution in [0.15, 0.2) is 18.2 Å². The van der Waals surface area contributed by atoms with Crippen LogP contribution >= 0.6 is 0 Å². The van der Waals surface area contributed by atoms with Crippen molar-refractivity contribution < 1.29 is 0 Å². The molecule has 0 saturated carbocycles. The van der Waals surface area contributed by atoms with E-state index in [1.165, 1.54) is 5.56 Å². The van der Waals surface area contributed by atoms with Crippen LogP contribution in [0.4, 0.5) is 0 Å². The molecule has 1 heterocycles. The standard InChI is InChI=1S/C14H21N3/c1-4-10(3)15-9-14-16-12-7-6-11(5-2)8-13(12)17-14/h6-8,10,15H,4-5,9H2,1-3H3,(H,16,17). The summed E-state index contributed by atoms with van der Waals surface area (Å²) in [6.45, 7) is 7.36. The summed E-state index contributed by atoms with van der Waals surface area (Å²) in [5.74, 6) is 1.02. The number of aromatic amines is 1. The summed E-state index contributed by atoms with van der Waals surface area (Å²) in [5.41, 5.74) is 3.55. The Hall–Kier alpha value is -1.35. The number of hydrogen-bond acceptors (Lipinski definition) is 2. The Labute approximate surface area is 103 Å². The molecule has 0 radical (unpaired) electrons. The first kappa shape index (κ1) is 12.1. The average molecular weight is 231 g/mol. The van der Waals surface area contributed by atoms with Crippen molar-refractivity contribution in [3.05, 3.63) is 29.6 Å². The lowest BCUT2D eigenvalue weighted by Gasteiger charge is -2.08. The SMILES string of the molecule is CCc1ccc2nc(CNC(C)CC)[nH]c2c1. The van der Waals surface area contributed by atoms with Crippen molar-refractivity contribution >= 4 is 11.0 Å². The molecule has 0 bridgehead atoms. The second-order valence-corrected chi connectivity index (χ2v) is 4.58. The molecule has 0 aliphatic heterocycles. The predicted octanol–water partition coefficient (Wildman–Crippen LogP) is 3.01. The van der Waals surface area contributed by atoms with Crippen LogP contribution in [0.5, 0.6) is 0 Å². The van der Waals surface area contributed by atoms with Gasteiger partial charge in [0.2, 0.25) is 0 Å². The number of nitrogens with one attached hydrogen (secondary N) is 2. The third kappa shape index (κ3) is 2.86. The van der Waals surface area contributed by atoms with E-state index >= 15 is 0 Å². The Morgan fingerprint density at radius 3 is 2.88 bits per heavy atom. The first-order valence-corrected chi connectivity index (χ1v) is 6.43. The fraction of sp³-hybridized carbons (Fsp3) is 0.500. The number of fused-ring (bicyclic) bond motifs is 1. The van der Waals surface area contributed by atoms with Gasteiger partial charge in [0.05, 0.1) is 17.6 Å². The van der Waals surface area contributed by atoms with Crippen LogP contribution in [-0.2, 0) is 13.0 Å². The molecule has 1 aromatic carbocycles. The molecule has 3 heteroatoms. The second-order valence-electron chi connectivity index (χ2n) is 4.58. The lowest BCUT2D eigenvalue weighted by molar-refractivity contribution is 0.525. The van der Waals surface area contributed by atoms with E-state index in [1.54, 1.807) is 0 Å². The van der Waals surface area contributed by atoms with Crippen LogP contribution in [0.2, 0.25) is 0 Å². The number of hydrogen-bond donors (Lipinski definition) is 2. The number of imidazole rings is 1. The molecule has 0 aliphatic rings. The fourth-order valence-electron chi connectivity index (χ4n) is 1.83. The number of aryl methyl sites for hydroxylation is 1. The normalized spacial score (nSPS) is 13.1. The molecule has 0 amide bonds. The van der Waals surface area contributed by atoms with E-state index in [9.17, 15) is 0 Å². The summed E-state index contributed by atoms with van der Waals surface area (Å²) in [6, 6.07) is 6.97. The molecule has 1 unspecified atom stereocenters. The molecule has 17 heavy (non-hydrogen) atoms. The van der Waals surface area contributed by atoms with Gasteiger partial charge in [-0.1, -0.05) is 19.9 Å². The smallest absolute Gasteiger partial charge is 0.121 e. The summed E-state index contributed by atoms with van der Waals surface area (Å²) >= 11 is 0. The Morgan fingerprint density at radius 2 is 2.18 bits per heavy atom. The Balaban J connectivity index is 2.14. The maximum atomic E-state index is 4.58. The molecule has 0 aliphatic carbocycles. The molecule has 92 valence electrons. The Kier molecular flexibility index (Phi) is 3.79. The van der Waals surface area contributed by atoms with Gasteiger partial charge in [-0.15, -0.1) is 0 Å². The quantitative estimate of drug-likeness (QED) is 0.830. The third-order valence-electron chi connectivity index (χ3n) is 3.23. The van der Waals surface area contributed by atoms with E-state index < -0.39 is 0 Å². The van der Waals surface area contributed by atoms with Crippen LogP contribution in [0.1, 0.15) is 38.6 Å². The van der Waals surface area contributed by atoms with Crippen LogP contribution < -0.4 is 5.32 Å². The van der Waals surface area contributed by atoms with Crippen LogP contribution in [0, 0.1) is 0 Å². The highest BCUT2D eigenvalue weighted by Crippen LogP contribution is 2.14.